The number of nitrogens with one attached hydrogen (secondary N) is 1. The van der Waals surface area contributed by atoms with E-state index in [2.05, 4.69) is 10.1 Å². The van der Waals surface area contributed by atoms with E-state index in [0.717, 1.165) is 10.9 Å². The number of nitrogens with zero attached hydrogens (tertiary/aromatic N) is 1. The van der Waals surface area contributed by atoms with Crippen LogP contribution in [0.2, 0.25) is 0 Å². The van der Waals surface area contributed by atoms with Crippen molar-refractivity contribution >= 4 is 28.9 Å². The van der Waals surface area contributed by atoms with Crippen LogP contribution in [0.3, 0.4) is 0 Å². The highest BCUT2D eigenvalue weighted by Crippen LogP contribution is 2.29. The number of β-amino-alcohol motifs (C(OH)–C–C–N with tert-alkyl or cyclic N) is 1. The normalized spacial score (nSPS) is 18.1. The summed E-state index contributed by atoms with van der Waals surface area (Å²) < 4.78 is 6.39. The Labute approximate surface area is 127 Å². The van der Waals surface area contributed by atoms with Gasteiger partial charge in [0, 0.05) is 29.1 Å². The molecule has 2 aromatic rings. The fourth-order valence-electron chi connectivity index (χ4n) is 2.72. The predicted octanol–water partition coefficient (Wildman–Crippen LogP) is 0.932. The van der Waals surface area contributed by atoms with Gasteiger partial charge in [0.05, 0.1) is 19.8 Å². The number of amides is 1. The molecule has 0 spiro atoms. The minimum absolute atomic E-state index is 0.203. The number of methoxy groups -OCH3 is 1. The summed E-state index contributed by atoms with van der Waals surface area (Å²) in [6, 6.07) is 7.51. The number of esters is 1. The highest BCUT2D eigenvalue weighted by Gasteiger charge is 2.26. The van der Waals surface area contributed by atoms with Crippen LogP contribution in [-0.4, -0.2) is 41.3 Å². The minimum atomic E-state index is -0.654. The molecule has 0 saturated carbocycles. The first-order chi connectivity index (χ1) is 10.6. The van der Waals surface area contributed by atoms with Gasteiger partial charge in [-0.15, -0.1) is 0 Å². The summed E-state index contributed by atoms with van der Waals surface area (Å²) in [7, 11) is 1.30. The molecule has 1 aromatic heterocycles. The number of aliphatic hydroxyl groups excluding tert-OH is 1. The van der Waals surface area contributed by atoms with Crippen LogP contribution in [0.4, 0.5) is 0 Å². The maximum atomic E-state index is 12.4. The predicted molar refractivity (Wildman–Crippen MR) is 81.3 cm³/mol. The van der Waals surface area contributed by atoms with Gasteiger partial charge in [-0.05, 0) is 12.1 Å². The average molecular weight is 300 g/mol. The zero-order valence-electron chi connectivity index (χ0n) is 12.1. The Kier molecular flexibility index (Phi) is 3.68. The van der Waals surface area contributed by atoms with Crippen molar-refractivity contribution in [3.63, 3.8) is 0 Å². The molecule has 6 heteroatoms. The number of para-hydroxylation sites is 1. The van der Waals surface area contributed by atoms with Gasteiger partial charge in [0.1, 0.15) is 5.69 Å². The molecule has 1 amide bonds. The number of rotatable bonds is 2. The van der Waals surface area contributed by atoms with E-state index in [1.807, 2.05) is 24.3 Å². The zero-order chi connectivity index (χ0) is 15.7. The average Bonchev–Trinajstić information content (AvgIpc) is 2.75. The summed E-state index contributed by atoms with van der Waals surface area (Å²) in [6.45, 7) is 0.523. The molecule has 22 heavy (non-hydrogen) atoms. The molecule has 2 N–H and O–H groups in total. The second-order valence-electron chi connectivity index (χ2n) is 5.11. The number of fused-ring (bicyclic) bond motifs is 3. The van der Waals surface area contributed by atoms with Gasteiger partial charge in [-0.1, -0.05) is 18.2 Å². The Morgan fingerprint density at radius 1 is 1.45 bits per heavy atom. The SMILES string of the molecule is COC(=O)/C=C/c1c2n(c3ccccc13)CC(O)CNC2=O. The summed E-state index contributed by atoms with van der Waals surface area (Å²) in [5, 5.41) is 13.5. The van der Waals surface area contributed by atoms with E-state index in [-0.39, 0.29) is 12.5 Å². The first-order valence-electron chi connectivity index (χ1n) is 6.95. The van der Waals surface area contributed by atoms with Crippen LogP contribution in [-0.2, 0) is 16.1 Å². The van der Waals surface area contributed by atoms with Crippen LogP contribution in [0.25, 0.3) is 17.0 Å². The molecule has 1 aliphatic heterocycles. The van der Waals surface area contributed by atoms with Crippen molar-refractivity contribution in [3.8, 4) is 0 Å². The second-order valence-corrected chi connectivity index (χ2v) is 5.11. The largest absolute Gasteiger partial charge is 0.466 e. The van der Waals surface area contributed by atoms with E-state index in [1.165, 1.54) is 13.2 Å². The lowest BCUT2D eigenvalue weighted by Crippen LogP contribution is -2.29. The maximum Gasteiger partial charge on any atom is 0.330 e. The molecule has 2 heterocycles. The molecule has 0 saturated heterocycles. The highest BCUT2D eigenvalue weighted by molar-refractivity contribution is 6.06. The van der Waals surface area contributed by atoms with Crippen LogP contribution >= 0.6 is 0 Å². The van der Waals surface area contributed by atoms with Crippen LogP contribution < -0.4 is 5.32 Å². The quantitative estimate of drug-likeness (QED) is 0.639. The summed E-state index contributed by atoms with van der Waals surface area (Å²) in [5.74, 6) is -0.754. The Morgan fingerprint density at radius 3 is 3.00 bits per heavy atom. The van der Waals surface area contributed by atoms with Crippen molar-refractivity contribution in [2.45, 2.75) is 12.6 Å². The number of hydrogen-bond donors (Lipinski definition) is 2. The van der Waals surface area contributed by atoms with Gasteiger partial charge in [-0.2, -0.15) is 0 Å². The first kappa shape index (κ1) is 14.3. The molecule has 1 atom stereocenters. The molecule has 114 valence electrons. The van der Waals surface area contributed by atoms with E-state index in [4.69, 9.17) is 0 Å². The molecule has 0 radical (unpaired) electrons. The summed E-state index contributed by atoms with van der Waals surface area (Å²) in [5.41, 5.74) is 1.93. The highest BCUT2D eigenvalue weighted by atomic mass is 16.5. The maximum absolute atomic E-state index is 12.4. The monoisotopic (exact) mass is 300 g/mol. The lowest BCUT2D eigenvalue weighted by Gasteiger charge is -2.08. The third kappa shape index (κ3) is 2.37. The topological polar surface area (TPSA) is 80.6 Å². The van der Waals surface area contributed by atoms with E-state index in [9.17, 15) is 14.7 Å². The zero-order valence-corrected chi connectivity index (χ0v) is 12.1. The van der Waals surface area contributed by atoms with Crippen molar-refractivity contribution < 1.29 is 19.4 Å². The van der Waals surface area contributed by atoms with Gasteiger partial charge in [0.25, 0.3) is 5.91 Å². The standard InChI is InChI=1S/C16H16N2O4/c1-22-14(20)7-6-12-11-4-2-3-5-13(11)18-9-10(19)8-17-16(21)15(12)18/h2-7,10,19H,8-9H2,1H3,(H,17,21)/b7-6+. The molecule has 0 fully saturated rings. The number of aromatic nitrogens is 1. The van der Waals surface area contributed by atoms with E-state index in [0.29, 0.717) is 17.8 Å². The fourth-order valence-corrected chi connectivity index (χ4v) is 2.72. The molecular weight excluding hydrogens is 284 g/mol. The van der Waals surface area contributed by atoms with Gasteiger partial charge in [0.15, 0.2) is 0 Å². The van der Waals surface area contributed by atoms with Crippen molar-refractivity contribution in [1.82, 2.24) is 9.88 Å². The van der Waals surface area contributed by atoms with Crippen molar-refractivity contribution in [2.75, 3.05) is 13.7 Å². The van der Waals surface area contributed by atoms with E-state index in [1.54, 1.807) is 10.6 Å². The molecule has 1 aromatic carbocycles. The molecule has 0 aliphatic carbocycles. The van der Waals surface area contributed by atoms with Gasteiger partial charge in [-0.25, -0.2) is 4.79 Å². The smallest absolute Gasteiger partial charge is 0.330 e. The van der Waals surface area contributed by atoms with E-state index < -0.39 is 12.1 Å². The number of benzene rings is 1. The van der Waals surface area contributed by atoms with Gasteiger partial charge < -0.3 is 19.7 Å². The third-order valence-corrected chi connectivity index (χ3v) is 3.70. The molecule has 3 rings (SSSR count). The summed E-state index contributed by atoms with van der Waals surface area (Å²) >= 11 is 0. The first-order valence-corrected chi connectivity index (χ1v) is 6.95. The number of carbonyl (C=O) groups is 2. The number of ether oxygens (including phenoxy) is 1. The molecule has 6 nitrogen and oxygen atoms in total. The lowest BCUT2D eigenvalue weighted by atomic mass is 10.1. The molecule has 1 aliphatic rings. The van der Waals surface area contributed by atoms with Crippen LogP contribution in [0, 0.1) is 0 Å². The second kappa shape index (κ2) is 5.65. The minimum Gasteiger partial charge on any atom is -0.466 e. The molecule has 1 unspecified atom stereocenters. The third-order valence-electron chi connectivity index (χ3n) is 3.70. The van der Waals surface area contributed by atoms with Crippen molar-refractivity contribution in [1.29, 1.82) is 0 Å². The van der Waals surface area contributed by atoms with E-state index >= 15 is 0 Å². The van der Waals surface area contributed by atoms with Crippen LogP contribution in [0.5, 0.6) is 0 Å². The van der Waals surface area contributed by atoms with Crippen molar-refractivity contribution in [2.24, 2.45) is 0 Å². The summed E-state index contributed by atoms with van der Waals surface area (Å²) in [6.07, 6.45) is 2.22. The Balaban J connectivity index is 2.24. The molecular formula is C16H16N2O4. The number of carbonyl (C=O) groups excluding carboxylic acids is 2. The Morgan fingerprint density at radius 2 is 2.23 bits per heavy atom. The van der Waals surface area contributed by atoms with Gasteiger partial charge >= 0.3 is 5.97 Å². The lowest BCUT2D eigenvalue weighted by molar-refractivity contribution is -0.134. The number of aliphatic hydroxyl groups is 1. The van der Waals surface area contributed by atoms with Crippen LogP contribution in [0.15, 0.2) is 30.3 Å². The Hall–Kier alpha value is -2.60. The fraction of sp³-hybridized carbons (Fsp3) is 0.250. The van der Waals surface area contributed by atoms with Crippen molar-refractivity contribution in [3.05, 3.63) is 41.6 Å². The van der Waals surface area contributed by atoms with Gasteiger partial charge in [0.2, 0.25) is 0 Å². The van der Waals surface area contributed by atoms with Crippen LogP contribution in [0.1, 0.15) is 16.1 Å². The Bertz CT molecular complexity index is 776. The number of hydrogen-bond acceptors (Lipinski definition) is 4. The van der Waals surface area contributed by atoms with Gasteiger partial charge in [-0.3, -0.25) is 4.79 Å². The molecule has 0 bridgehead atoms. The summed E-state index contributed by atoms with van der Waals surface area (Å²) in [4.78, 5) is 23.7.